The van der Waals surface area contributed by atoms with Crippen LogP contribution in [0.5, 0.6) is 0 Å². The Labute approximate surface area is 92.1 Å². The van der Waals surface area contributed by atoms with Gasteiger partial charge in [0.1, 0.15) is 0 Å². The van der Waals surface area contributed by atoms with Crippen LogP contribution in [0.2, 0.25) is 0 Å². The lowest BCUT2D eigenvalue weighted by atomic mass is 10.2. The number of carbonyl (C=O) groups excluding carboxylic acids is 1. The largest absolute Gasteiger partial charge is 0.309 e. The van der Waals surface area contributed by atoms with Crippen LogP contribution in [-0.2, 0) is 4.79 Å². The summed E-state index contributed by atoms with van der Waals surface area (Å²) < 4.78 is 26.5. The molecule has 16 heavy (non-hydrogen) atoms. The van der Waals surface area contributed by atoms with E-state index in [1.54, 1.807) is 7.05 Å². The molecule has 1 aromatic rings. The summed E-state index contributed by atoms with van der Waals surface area (Å²) in [6.07, 6.45) is 0.602. The fourth-order valence-corrected chi connectivity index (χ4v) is 1.89. The zero-order chi connectivity index (χ0) is 11.7. The van der Waals surface area contributed by atoms with E-state index in [1.165, 1.54) is 17.0 Å². The molecule has 86 valence electrons. The van der Waals surface area contributed by atoms with E-state index in [1.807, 2.05) is 0 Å². The second-order valence-electron chi connectivity index (χ2n) is 3.69. The van der Waals surface area contributed by atoms with Gasteiger partial charge in [-0.3, -0.25) is 4.79 Å². The predicted octanol–water partition coefficient (Wildman–Crippen LogP) is 1.29. The minimum Gasteiger partial charge on any atom is -0.309 e. The van der Waals surface area contributed by atoms with Crippen LogP contribution in [0.1, 0.15) is 6.42 Å². The number of benzene rings is 1. The molecule has 1 N–H and O–H groups in total. The lowest BCUT2D eigenvalue weighted by Gasteiger charge is -2.17. The first-order chi connectivity index (χ1) is 7.65. The normalized spacial score (nSPS) is 20.6. The zero-order valence-electron chi connectivity index (χ0n) is 8.84. The van der Waals surface area contributed by atoms with Crippen LogP contribution in [-0.4, -0.2) is 25.5 Å². The topological polar surface area (TPSA) is 32.3 Å². The minimum atomic E-state index is -0.965. The Morgan fingerprint density at radius 1 is 1.44 bits per heavy atom. The van der Waals surface area contributed by atoms with Gasteiger partial charge in [0.2, 0.25) is 5.91 Å². The zero-order valence-corrected chi connectivity index (χ0v) is 8.84. The second-order valence-corrected chi connectivity index (χ2v) is 3.69. The van der Waals surface area contributed by atoms with Crippen molar-refractivity contribution in [2.24, 2.45) is 0 Å². The molecule has 1 fully saturated rings. The molecule has 0 bridgehead atoms. The first-order valence-corrected chi connectivity index (χ1v) is 5.08. The maximum atomic E-state index is 13.5. The fourth-order valence-electron chi connectivity index (χ4n) is 1.89. The molecule has 0 aliphatic carbocycles. The smallest absolute Gasteiger partial charge is 0.244 e. The maximum absolute atomic E-state index is 13.5. The Morgan fingerprint density at radius 2 is 2.19 bits per heavy atom. The number of halogens is 2. The highest BCUT2D eigenvalue weighted by Crippen LogP contribution is 2.25. The lowest BCUT2D eigenvalue weighted by Crippen LogP contribution is -2.36. The maximum Gasteiger partial charge on any atom is 0.244 e. The van der Waals surface area contributed by atoms with Gasteiger partial charge in [0.05, 0.1) is 11.7 Å². The molecule has 1 unspecified atom stereocenters. The summed E-state index contributed by atoms with van der Waals surface area (Å²) in [7, 11) is 1.67. The highest BCUT2D eigenvalue weighted by molar-refractivity contribution is 5.99. The molecule has 1 aliphatic heterocycles. The average molecular weight is 226 g/mol. The van der Waals surface area contributed by atoms with Crippen LogP contribution in [0.4, 0.5) is 14.5 Å². The predicted molar refractivity (Wildman–Crippen MR) is 56.2 cm³/mol. The summed E-state index contributed by atoms with van der Waals surface area (Å²) in [6, 6.07) is 3.54. The van der Waals surface area contributed by atoms with Crippen LogP contribution in [0.25, 0.3) is 0 Å². The number of likely N-dealkylation sites (N-methyl/N-ethyl adjacent to an activating group) is 1. The average Bonchev–Trinajstić information content (AvgIpc) is 2.64. The van der Waals surface area contributed by atoms with Crippen molar-refractivity contribution in [1.29, 1.82) is 0 Å². The number of hydrogen-bond donors (Lipinski definition) is 1. The van der Waals surface area contributed by atoms with Crippen LogP contribution < -0.4 is 10.2 Å². The Morgan fingerprint density at radius 3 is 2.81 bits per heavy atom. The number of anilines is 1. The lowest BCUT2D eigenvalue weighted by molar-refractivity contribution is -0.118. The molecule has 0 spiro atoms. The summed E-state index contributed by atoms with van der Waals surface area (Å²) >= 11 is 0. The number of hydrogen-bond acceptors (Lipinski definition) is 2. The standard InChI is InChI=1S/C11H12F2N2O/c1-14-8-5-6-15(11(8)16)9-4-2-3-7(12)10(9)13/h2-4,8,14H,5-6H2,1H3. The molecule has 1 aromatic carbocycles. The molecule has 0 aromatic heterocycles. The van der Waals surface area contributed by atoms with Gasteiger partial charge in [-0.05, 0) is 25.6 Å². The van der Waals surface area contributed by atoms with Gasteiger partial charge in [0, 0.05) is 6.54 Å². The summed E-state index contributed by atoms with van der Waals surface area (Å²) in [4.78, 5) is 13.1. The van der Waals surface area contributed by atoms with Gasteiger partial charge in [-0.25, -0.2) is 8.78 Å². The molecule has 1 saturated heterocycles. The van der Waals surface area contributed by atoms with E-state index >= 15 is 0 Å². The van der Waals surface area contributed by atoms with E-state index in [2.05, 4.69) is 5.32 Å². The first-order valence-electron chi connectivity index (χ1n) is 5.08. The van der Waals surface area contributed by atoms with Crippen molar-refractivity contribution in [2.45, 2.75) is 12.5 Å². The second kappa shape index (κ2) is 4.17. The van der Waals surface area contributed by atoms with Gasteiger partial charge in [-0.15, -0.1) is 0 Å². The third-order valence-corrected chi connectivity index (χ3v) is 2.78. The third kappa shape index (κ3) is 1.67. The Bertz CT molecular complexity index is 422. The van der Waals surface area contributed by atoms with Crippen LogP contribution in [0.3, 0.4) is 0 Å². The fraction of sp³-hybridized carbons (Fsp3) is 0.364. The van der Waals surface area contributed by atoms with Crippen LogP contribution in [0.15, 0.2) is 18.2 Å². The Balaban J connectivity index is 2.32. The van der Waals surface area contributed by atoms with Crippen molar-refractivity contribution in [2.75, 3.05) is 18.5 Å². The summed E-state index contributed by atoms with van der Waals surface area (Å²) in [5, 5.41) is 2.84. The molecule has 3 nitrogen and oxygen atoms in total. The Kier molecular flexibility index (Phi) is 2.87. The number of carbonyl (C=O) groups is 1. The molecule has 0 radical (unpaired) electrons. The van der Waals surface area contributed by atoms with Crippen molar-refractivity contribution in [1.82, 2.24) is 5.32 Å². The molecular weight excluding hydrogens is 214 g/mol. The monoisotopic (exact) mass is 226 g/mol. The van der Waals surface area contributed by atoms with Crippen molar-refractivity contribution in [3.8, 4) is 0 Å². The summed E-state index contributed by atoms with van der Waals surface area (Å²) in [6.45, 7) is 0.407. The molecule has 2 rings (SSSR count). The molecule has 1 amide bonds. The van der Waals surface area contributed by atoms with Gasteiger partial charge >= 0.3 is 0 Å². The van der Waals surface area contributed by atoms with Gasteiger partial charge < -0.3 is 10.2 Å². The first kappa shape index (κ1) is 11.0. The van der Waals surface area contributed by atoms with Crippen molar-refractivity contribution < 1.29 is 13.6 Å². The quantitative estimate of drug-likeness (QED) is 0.824. The number of nitrogens with zero attached hydrogens (tertiary/aromatic N) is 1. The molecule has 1 atom stereocenters. The summed E-state index contributed by atoms with van der Waals surface area (Å²) in [5.41, 5.74) is 0.0164. The molecule has 1 heterocycles. The molecule has 1 aliphatic rings. The number of rotatable bonds is 2. The molecule has 5 heteroatoms. The van der Waals surface area contributed by atoms with E-state index < -0.39 is 11.6 Å². The third-order valence-electron chi connectivity index (χ3n) is 2.78. The van der Waals surface area contributed by atoms with E-state index in [0.29, 0.717) is 13.0 Å². The van der Waals surface area contributed by atoms with Crippen molar-refractivity contribution >= 4 is 11.6 Å². The van der Waals surface area contributed by atoms with Crippen molar-refractivity contribution in [3.05, 3.63) is 29.8 Å². The van der Waals surface area contributed by atoms with E-state index in [9.17, 15) is 13.6 Å². The van der Waals surface area contributed by atoms with E-state index in [0.717, 1.165) is 6.07 Å². The highest BCUT2D eigenvalue weighted by atomic mass is 19.2. The van der Waals surface area contributed by atoms with Gasteiger partial charge in [-0.1, -0.05) is 6.07 Å². The minimum absolute atomic E-state index is 0.0164. The van der Waals surface area contributed by atoms with E-state index in [-0.39, 0.29) is 17.6 Å². The SMILES string of the molecule is CNC1CCN(c2cccc(F)c2F)C1=O. The van der Waals surface area contributed by atoms with Gasteiger partial charge in [0.25, 0.3) is 0 Å². The molecular formula is C11H12F2N2O. The molecule has 0 saturated carbocycles. The number of amides is 1. The van der Waals surface area contributed by atoms with Crippen LogP contribution in [0, 0.1) is 11.6 Å². The van der Waals surface area contributed by atoms with Crippen LogP contribution >= 0.6 is 0 Å². The number of nitrogens with one attached hydrogen (secondary N) is 1. The van der Waals surface area contributed by atoms with Gasteiger partial charge in [-0.2, -0.15) is 0 Å². The summed E-state index contributed by atoms with van der Waals surface area (Å²) in [5.74, 6) is -2.11. The van der Waals surface area contributed by atoms with Gasteiger partial charge in [0.15, 0.2) is 11.6 Å². The van der Waals surface area contributed by atoms with Crippen molar-refractivity contribution in [3.63, 3.8) is 0 Å². The highest BCUT2D eigenvalue weighted by Gasteiger charge is 2.33. The Hall–Kier alpha value is -1.49. The van der Waals surface area contributed by atoms with E-state index in [4.69, 9.17) is 0 Å².